The molecule has 0 aliphatic carbocycles. The van der Waals surface area contributed by atoms with Crippen molar-refractivity contribution in [1.29, 1.82) is 5.26 Å². The minimum Gasteiger partial charge on any atom is -0.271 e. The Morgan fingerprint density at radius 2 is 2.42 bits per heavy atom. The third-order valence-corrected chi connectivity index (χ3v) is 3.15. The predicted molar refractivity (Wildman–Crippen MR) is 77.9 cm³/mol. The van der Waals surface area contributed by atoms with Gasteiger partial charge in [-0.3, -0.25) is 5.32 Å². The van der Waals surface area contributed by atoms with Crippen LogP contribution in [0.4, 0.5) is 5.69 Å². The highest BCUT2D eigenvalue weighted by atomic mass is 35.5. The molecule has 0 saturated heterocycles. The van der Waals surface area contributed by atoms with Gasteiger partial charge in [-0.05, 0) is 30.5 Å². The van der Waals surface area contributed by atoms with Gasteiger partial charge in [0.2, 0.25) is 0 Å². The number of hydrogen-bond acceptors (Lipinski definition) is 4. The molecule has 0 atom stereocenters. The van der Waals surface area contributed by atoms with Gasteiger partial charge in [0.05, 0.1) is 16.4 Å². The third kappa shape index (κ3) is 3.28. The Kier molecular flexibility index (Phi) is 4.44. The summed E-state index contributed by atoms with van der Waals surface area (Å²) in [4.78, 5) is 4.28. The normalized spacial score (nSPS) is 11.1. The Morgan fingerprint density at radius 3 is 3.00 bits per heavy atom. The van der Waals surface area contributed by atoms with Gasteiger partial charge >= 0.3 is 0 Å². The highest BCUT2D eigenvalue weighted by molar-refractivity contribution is 8.13. The van der Waals surface area contributed by atoms with Crippen molar-refractivity contribution in [2.75, 3.05) is 6.26 Å². The van der Waals surface area contributed by atoms with Crippen LogP contribution in [-0.2, 0) is 0 Å². The Labute approximate surface area is 119 Å². The summed E-state index contributed by atoms with van der Waals surface area (Å²) in [6, 6.07) is 7.20. The van der Waals surface area contributed by atoms with Crippen LogP contribution in [0.2, 0.25) is 5.02 Å². The van der Waals surface area contributed by atoms with Crippen molar-refractivity contribution in [2.45, 2.75) is 0 Å². The minimum absolute atomic E-state index is 0.519. The van der Waals surface area contributed by atoms with Crippen LogP contribution < -0.4 is 5.32 Å². The van der Waals surface area contributed by atoms with Gasteiger partial charge in [-0.1, -0.05) is 23.4 Å². The summed E-state index contributed by atoms with van der Waals surface area (Å²) in [6.45, 7) is 0. The Hall–Kier alpha value is -1.97. The van der Waals surface area contributed by atoms with Crippen LogP contribution in [0, 0.1) is 11.5 Å². The summed E-state index contributed by atoms with van der Waals surface area (Å²) in [5.41, 5.74) is 1.46. The van der Waals surface area contributed by atoms with Crippen LogP contribution in [0.1, 0.15) is 0 Å². The summed E-state index contributed by atoms with van der Waals surface area (Å²) in [7, 11) is 0. The smallest absolute Gasteiger partial charge is 0.183 e. The molecular formula is C12H10ClN5S. The maximum Gasteiger partial charge on any atom is 0.183 e. The van der Waals surface area contributed by atoms with Crippen LogP contribution in [0.3, 0.4) is 0 Å². The van der Waals surface area contributed by atoms with Crippen molar-refractivity contribution in [3.63, 3.8) is 0 Å². The number of nitriles is 1. The molecule has 96 valence electrons. The second-order valence-corrected chi connectivity index (χ2v) is 4.65. The Balaban J connectivity index is 2.32. The van der Waals surface area contributed by atoms with E-state index in [9.17, 15) is 0 Å². The largest absolute Gasteiger partial charge is 0.271 e. The summed E-state index contributed by atoms with van der Waals surface area (Å²) < 4.78 is 1.68. The van der Waals surface area contributed by atoms with E-state index < -0.39 is 0 Å². The SMILES string of the molecule is CSC(=Nc1ccc(-n2cccn2)c(Cl)c1)NC#N. The molecule has 0 fully saturated rings. The van der Waals surface area contributed by atoms with Gasteiger partial charge in [0.15, 0.2) is 11.4 Å². The summed E-state index contributed by atoms with van der Waals surface area (Å²) >= 11 is 7.56. The zero-order valence-corrected chi connectivity index (χ0v) is 11.6. The zero-order valence-electron chi connectivity index (χ0n) is 10.0. The second-order valence-electron chi connectivity index (χ2n) is 3.44. The van der Waals surface area contributed by atoms with Crippen molar-refractivity contribution in [3.05, 3.63) is 41.7 Å². The second kappa shape index (κ2) is 6.27. The molecule has 2 rings (SSSR count). The number of aliphatic imine (C=N–C) groups is 1. The molecule has 7 heteroatoms. The standard InChI is InChI=1S/C12H10ClN5S/c1-19-12(15-8-14)17-9-3-4-11(10(13)7-9)18-6-2-5-16-18/h2-7H,1H3,(H,15,17). The molecule has 2 aromatic rings. The molecule has 1 aromatic heterocycles. The van der Waals surface area contributed by atoms with Crippen LogP contribution in [-0.4, -0.2) is 21.2 Å². The molecule has 0 bridgehead atoms. The third-order valence-electron chi connectivity index (χ3n) is 2.27. The Morgan fingerprint density at radius 1 is 1.58 bits per heavy atom. The Bertz CT molecular complexity index is 630. The van der Waals surface area contributed by atoms with Gasteiger partial charge in [-0.15, -0.1) is 0 Å². The molecule has 19 heavy (non-hydrogen) atoms. The summed E-state index contributed by atoms with van der Waals surface area (Å²) in [5, 5.41) is 16.3. The fourth-order valence-corrected chi connectivity index (χ4v) is 2.06. The molecule has 1 N–H and O–H groups in total. The lowest BCUT2D eigenvalue weighted by atomic mass is 10.3. The molecule has 0 saturated carbocycles. The van der Waals surface area contributed by atoms with Gasteiger partial charge in [0, 0.05) is 12.4 Å². The van der Waals surface area contributed by atoms with Gasteiger partial charge in [0.1, 0.15) is 0 Å². The van der Waals surface area contributed by atoms with E-state index in [1.54, 1.807) is 16.9 Å². The number of nitrogens with one attached hydrogen (secondary N) is 1. The van der Waals surface area contributed by atoms with Crippen molar-refractivity contribution in [2.24, 2.45) is 4.99 Å². The van der Waals surface area contributed by atoms with E-state index in [2.05, 4.69) is 15.4 Å². The van der Waals surface area contributed by atoms with Crippen molar-refractivity contribution in [1.82, 2.24) is 15.1 Å². The topological polar surface area (TPSA) is 66.0 Å². The van der Waals surface area contributed by atoms with Crippen LogP contribution in [0.15, 0.2) is 41.7 Å². The van der Waals surface area contributed by atoms with E-state index >= 15 is 0 Å². The molecule has 1 heterocycles. The molecule has 0 unspecified atom stereocenters. The first kappa shape index (κ1) is 13.5. The fourth-order valence-electron chi connectivity index (χ4n) is 1.45. The number of rotatable bonds is 2. The first-order valence-electron chi connectivity index (χ1n) is 5.32. The number of benzene rings is 1. The highest BCUT2D eigenvalue weighted by Gasteiger charge is 2.04. The summed E-state index contributed by atoms with van der Waals surface area (Å²) in [5.74, 6) is 0. The van der Waals surface area contributed by atoms with E-state index in [-0.39, 0.29) is 0 Å². The lowest BCUT2D eigenvalue weighted by Crippen LogP contribution is -2.12. The average molecular weight is 292 g/mol. The molecule has 0 radical (unpaired) electrons. The van der Waals surface area contributed by atoms with Crippen molar-refractivity contribution < 1.29 is 0 Å². The lowest BCUT2D eigenvalue weighted by molar-refractivity contribution is 0.881. The maximum absolute atomic E-state index is 8.58. The van der Waals surface area contributed by atoms with E-state index in [4.69, 9.17) is 16.9 Å². The van der Waals surface area contributed by atoms with Crippen LogP contribution in [0.25, 0.3) is 5.69 Å². The number of thioether (sulfide) groups is 1. The van der Waals surface area contributed by atoms with E-state index in [0.717, 1.165) is 5.69 Å². The van der Waals surface area contributed by atoms with Crippen LogP contribution >= 0.6 is 23.4 Å². The monoisotopic (exact) mass is 291 g/mol. The number of amidine groups is 1. The van der Waals surface area contributed by atoms with Gasteiger partial charge in [-0.25, -0.2) is 9.67 Å². The average Bonchev–Trinajstić information content (AvgIpc) is 2.92. The minimum atomic E-state index is 0.519. The van der Waals surface area contributed by atoms with Crippen LogP contribution in [0.5, 0.6) is 0 Å². The van der Waals surface area contributed by atoms with E-state index in [1.807, 2.05) is 36.8 Å². The maximum atomic E-state index is 8.58. The van der Waals surface area contributed by atoms with Gasteiger partial charge in [0.25, 0.3) is 0 Å². The van der Waals surface area contributed by atoms with E-state index in [1.165, 1.54) is 11.8 Å². The van der Waals surface area contributed by atoms with Crippen molar-refractivity contribution in [3.8, 4) is 11.9 Å². The number of aromatic nitrogens is 2. The van der Waals surface area contributed by atoms with Gasteiger partial charge in [-0.2, -0.15) is 10.4 Å². The number of halogens is 1. The number of hydrogen-bond donors (Lipinski definition) is 1. The molecule has 1 aromatic carbocycles. The zero-order chi connectivity index (χ0) is 13.7. The highest BCUT2D eigenvalue weighted by Crippen LogP contribution is 2.26. The quantitative estimate of drug-likeness (QED) is 0.400. The number of nitrogens with zero attached hydrogens (tertiary/aromatic N) is 4. The van der Waals surface area contributed by atoms with Gasteiger partial charge < -0.3 is 0 Å². The summed E-state index contributed by atoms with van der Waals surface area (Å²) in [6.07, 6.45) is 7.17. The first-order chi connectivity index (χ1) is 9.24. The fraction of sp³-hybridized carbons (Fsp3) is 0.0833. The first-order valence-corrected chi connectivity index (χ1v) is 6.92. The molecule has 0 aliphatic rings. The molecule has 0 amide bonds. The van der Waals surface area contributed by atoms with E-state index in [0.29, 0.717) is 15.9 Å². The molecule has 0 spiro atoms. The predicted octanol–water partition coefficient (Wildman–Crippen LogP) is 2.95. The molecular weight excluding hydrogens is 282 g/mol. The van der Waals surface area contributed by atoms with Crippen molar-refractivity contribution >= 4 is 34.2 Å². The molecule has 5 nitrogen and oxygen atoms in total. The lowest BCUT2D eigenvalue weighted by Gasteiger charge is -2.05. The molecule has 0 aliphatic heterocycles.